The minimum Gasteiger partial charge on any atom is -0.342 e. The summed E-state index contributed by atoms with van der Waals surface area (Å²) < 4.78 is 0. The van der Waals surface area contributed by atoms with Crippen molar-refractivity contribution < 1.29 is 9.59 Å². The molecule has 0 spiro atoms. The lowest BCUT2D eigenvalue weighted by Crippen LogP contribution is -2.40. The summed E-state index contributed by atoms with van der Waals surface area (Å²) in [5.74, 6) is 1.65. The highest BCUT2D eigenvalue weighted by Gasteiger charge is 2.38. The summed E-state index contributed by atoms with van der Waals surface area (Å²) in [5, 5.41) is 0. The van der Waals surface area contributed by atoms with Crippen molar-refractivity contribution in [3.63, 3.8) is 0 Å². The van der Waals surface area contributed by atoms with Crippen LogP contribution in [0.4, 0.5) is 0 Å². The Balaban J connectivity index is 1.35. The summed E-state index contributed by atoms with van der Waals surface area (Å²) in [6.07, 6.45) is 5.42. The Labute approximate surface area is 151 Å². The molecule has 138 valence electrons. The monoisotopic (exact) mass is 356 g/mol. The van der Waals surface area contributed by atoms with E-state index in [1.165, 1.54) is 0 Å². The number of rotatable bonds is 3. The maximum atomic E-state index is 12.5. The molecule has 0 unspecified atom stereocenters. The first-order valence-corrected chi connectivity index (χ1v) is 9.79. The van der Waals surface area contributed by atoms with E-state index in [1.54, 1.807) is 0 Å². The number of aromatic nitrogens is 2. The zero-order chi connectivity index (χ0) is 17.8. The summed E-state index contributed by atoms with van der Waals surface area (Å²) in [4.78, 5) is 48.6. The van der Waals surface area contributed by atoms with Crippen molar-refractivity contribution >= 4 is 11.8 Å². The third-order valence-electron chi connectivity index (χ3n) is 6.14. The Hall–Kier alpha value is -2.18. The molecule has 1 N–H and O–H groups in total. The van der Waals surface area contributed by atoms with Gasteiger partial charge < -0.3 is 14.8 Å². The van der Waals surface area contributed by atoms with E-state index in [2.05, 4.69) is 4.98 Å². The van der Waals surface area contributed by atoms with Gasteiger partial charge in [0.2, 0.25) is 11.8 Å². The highest BCUT2D eigenvalue weighted by molar-refractivity contribution is 5.81. The number of carbonyl (C=O) groups is 2. The maximum absolute atomic E-state index is 12.5. The van der Waals surface area contributed by atoms with E-state index in [1.807, 2.05) is 9.80 Å². The van der Waals surface area contributed by atoms with Crippen LogP contribution in [0.1, 0.15) is 55.1 Å². The lowest BCUT2D eigenvalue weighted by molar-refractivity contribution is -0.133. The number of carbonyl (C=O) groups excluding carboxylic acids is 2. The number of amides is 2. The molecule has 2 aliphatic carbocycles. The molecule has 1 aromatic heterocycles. The van der Waals surface area contributed by atoms with E-state index in [4.69, 9.17) is 4.98 Å². The second-order valence-electron chi connectivity index (χ2n) is 8.20. The number of nitrogens with one attached hydrogen (secondary N) is 1. The van der Waals surface area contributed by atoms with Crippen molar-refractivity contribution in [1.82, 2.24) is 19.8 Å². The van der Waals surface area contributed by atoms with Crippen LogP contribution in [-0.2, 0) is 22.6 Å². The van der Waals surface area contributed by atoms with Crippen LogP contribution in [0.2, 0.25) is 0 Å². The van der Waals surface area contributed by atoms with Crippen LogP contribution in [0.3, 0.4) is 0 Å². The van der Waals surface area contributed by atoms with Crippen LogP contribution in [0, 0.1) is 11.8 Å². The van der Waals surface area contributed by atoms with Crippen LogP contribution < -0.4 is 5.56 Å². The molecular formula is C19H24N4O3. The van der Waals surface area contributed by atoms with Crippen LogP contribution in [0.25, 0.3) is 0 Å². The number of aromatic amines is 1. The molecule has 0 aromatic carbocycles. The fourth-order valence-electron chi connectivity index (χ4n) is 4.20. The molecule has 3 fully saturated rings. The largest absolute Gasteiger partial charge is 0.342 e. The summed E-state index contributed by atoms with van der Waals surface area (Å²) in [7, 11) is 0. The van der Waals surface area contributed by atoms with Gasteiger partial charge in [-0.15, -0.1) is 0 Å². The van der Waals surface area contributed by atoms with E-state index in [0.29, 0.717) is 31.9 Å². The molecular weight excluding hydrogens is 332 g/mol. The Bertz CT molecular complexity index is 825. The van der Waals surface area contributed by atoms with Gasteiger partial charge in [-0.2, -0.15) is 0 Å². The fourth-order valence-corrected chi connectivity index (χ4v) is 4.20. The number of nitrogens with zero attached hydrogens (tertiary/aromatic N) is 3. The summed E-state index contributed by atoms with van der Waals surface area (Å²) in [6.45, 7) is 2.44. The highest BCUT2D eigenvalue weighted by atomic mass is 16.2. The average molecular weight is 356 g/mol. The molecule has 2 saturated carbocycles. The third kappa shape index (κ3) is 2.83. The molecule has 7 heteroatoms. The topological polar surface area (TPSA) is 86.4 Å². The average Bonchev–Trinajstić information content (AvgIpc) is 3.57. The van der Waals surface area contributed by atoms with Gasteiger partial charge in [0.1, 0.15) is 5.82 Å². The molecule has 0 radical (unpaired) electrons. The van der Waals surface area contributed by atoms with Crippen molar-refractivity contribution in [2.24, 2.45) is 11.8 Å². The molecule has 2 aliphatic heterocycles. The standard InChI is InChI=1S/C19H24N4O3/c24-17-14-6-8-23(19(26)12-3-4-12)10-15(14)20-16(21-17)13-5-7-22(9-13)18(25)11-1-2-11/h11-13H,1-10H2,(H,20,21,24)/t13-/m0/s1. The first-order valence-electron chi connectivity index (χ1n) is 9.79. The predicted molar refractivity (Wildman–Crippen MR) is 93.4 cm³/mol. The van der Waals surface area contributed by atoms with Crippen LogP contribution >= 0.6 is 0 Å². The minimum atomic E-state index is -0.0736. The SMILES string of the molecule is O=C(C1CC1)N1CCc2c(nc([C@H]3CCN(C(=O)C4CC4)C3)[nH]c2=O)C1. The Kier molecular flexibility index (Phi) is 3.65. The highest BCUT2D eigenvalue weighted by Crippen LogP contribution is 2.35. The van der Waals surface area contributed by atoms with Gasteiger partial charge in [-0.1, -0.05) is 0 Å². The van der Waals surface area contributed by atoms with Gasteiger partial charge in [0, 0.05) is 43.0 Å². The zero-order valence-electron chi connectivity index (χ0n) is 14.9. The number of likely N-dealkylation sites (tertiary alicyclic amines) is 1. The molecule has 2 amide bonds. The van der Waals surface area contributed by atoms with Crippen LogP contribution in [-0.4, -0.2) is 51.2 Å². The normalized spacial score (nSPS) is 25.3. The third-order valence-corrected chi connectivity index (χ3v) is 6.14. The van der Waals surface area contributed by atoms with Crippen molar-refractivity contribution in [3.8, 4) is 0 Å². The summed E-state index contributed by atoms with van der Waals surface area (Å²) in [6, 6.07) is 0. The van der Waals surface area contributed by atoms with E-state index in [9.17, 15) is 14.4 Å². The molecule has 7 nitrogen and oxygen atoms in total. The molecule has 1 atom stereocenters. The van der Waals surface area contributed by atoms with E-state index >= 15 is 0 Å². The molecule has 0 bridgehead atoms. The Morgan fingerprint density at radius 2 is 1.65 bits per heavy atom. The van der Waals surface area contributed by atoms with Gasteiger partial charge in [0.25, 0.3) is 5.56 Å². The van der Waals surface area contributed by atoms with Crippen molar-refractivity contribution in [2.75, 3.05) is 19.6 Å². The van der Waals surface area contributed by atoms with Gasteiger partial charge in [0.05, 0.1) is 12.2 Å². The maximum Gasteiger partial charge on any atom is 0.254 e. The number of hydrogen-bond acceptors (Lipinski definition) is 4. The molecule has 4 aliphatic rings. The Morgan fingerprint density at radius 1 is 0.962 bits per heavy atom. The quantitative estimate of drug-likeness (QED) is 0.868. The lowest BCUT2D eigenvalue weighted by atomic mass is 10.0. The summed E-state index contributed by atoms with van der Waals surface area (Å²) >= 11 is 0. The molecule has 5 rings (SSSR count). The first-order chi connectivity index (χ1) is 12.6. The smallest absolute Gasteiger partial charge is 0.254 e. The van der Waals surface area contributed by atoms with Crippen LogP contribution in [0.5, 0.6) is 0 Å². The minimum absolute atomic E-state index is 0.0736. The fraction of sp³-hybridized carbons (Fsp3) is 0.684. The van der Waals surface area contributed by atoms with Gasteiger partial charge in [-0.3, -0.25) is 14.4 Å². The number of hydrogen-bond donors (Lipinski definition) is 1. The second-order valence-corrected chi connectivity index (χ2v) is 8.20. The molecule has 26 heavy (non-hydrogen) atoms. The van der Waals surface area contributed by atoms with Crippen molar-refractivity contribution in [2.45, 2.75) is 51.0 Å². The molecule has 1 saturated heterocycles. The molecule has 3 heterocycles. The summed E-state index contributed by atoms with van der Waals surface area (Å²) in [5.41, 5.74) is 1.39. The number of fused-ring (bicyclic) bond motifs is 1. The van der Waals surface area contributed by atoms with Gasteiger partial charge in [-0.25, -0.2) is 4.98 Å². The predicted octanol–water partition coefficient (Wildman–Crippen LogP) is 0.790. The van der Waals surface area contributed by atoms with Gasteiger partial charge >= 0.3 is 0 Å². The van der Waals surface area contributed by atoms with E-state index in [-0.39, 0.29) is 35.1 Å². The van der Waals surface area contributed by atoms with Gasteiger partial charge in [-0.05, 0) is 38.5 Å². The van der Waals surface area contributed by atoms with Crippen molar-refractivity contribution in [1.29, 1.82) is 0 Å². The van der Waals surface area contributed by atoms with E-state index in [0.717, 1.165) is 49.9 Å². The van der Waals surface area contributed by atoms with Gasteiger partial charge in [0.15, 0.2) is 0 Å². The zero-order valence-corrected chi connectivity index (χ0v) is 14.9. The Morgan fingerprint density at radius 3 is 2.35 bits per heavy atom. The second kappa shape index (κ2) is 5.93. The molecule has 1 aromatic rings. The van der Waals surface area contributed by atoms with Crippen molar-refractivity contribution in [3.05, 3.63) is 27.4 Å². The lowest BCUT2D eigenvalue weighted by Gasteiger charge is -2.28. The van der Waals surface area contributed by atoms with E-state index < -0.39 is 0 Å². The first kappa shape index (κ1) is 16.0. The van der Waals surface area contributed by atoms with Crippen LogP contribution in [0.15, 0.2) is 4.79 Å². The number of H-pyrrole nitrogens is 1.